The SMILES string of the molecule is COc1ccc(CN(C(=O)OC(C)(C)C)c2ncnc3c2ncn3[C@H]2C[C@@](O)([Si](C)(C)C(C)(C)C)[C@@H](CO[Si](C)(C)C(C)(C)C)O2)c([N+](=O)[O-])c1. The highest BCUT2D eigenvalue weighted by Crippen LogP contribution is 2.52. The Labute approximate surface area is 303 Å². The minimum Gasteiger partial charge on any atom is -0.497 e. The first-order valence-electron chi connectivity index (χ1n) is 17.3. The molecule has 282 valence electrons. The number of nitro groups is 1. The molecular weight excluding hydrogens is 689 g/mol. The lowest BCUT2D eigenvalue weighted by Gasteiger charge is -2.49. The van der Waals surface area contributed by atoms with Gasteiger partial charge in [-0.3, -0.25) is 19.6 Å². The van der Waals surface area contributed by atoms with Gasteiger partial charge in [-0.1, -0.05) is 54.6 Å². The summed E-state index contributed by atoms with van der Waals surface area (Å²) in [4.78, 5) is 40.2. The number of aliphatic hydroxyl groups is 1. The Kier molecular flexibility index (Phi) is 10.9. The van der Waals surface area contributed by atoms with E-state index in [1.165, 1.54) is 30.5 Å². The van der Waals surface area contributed by atoms with Gasteiger partial charge in [0.15, 0.2) is 25.3 Å². The molecule has 3 aromatic rings. The molecule has 0 radical (unpaired) electrons. The summed E-state index contributed by atoms with van der Waals surface area (Å²) in [5, 5.41) is 23.4. The van der Waals surface area contributed by atoms with Crippen molar-refractivity contribution < 1.29 is 33.5 Å². The summed E-state index contributed by atoms with van der Waals surface area (Å²) in [6, 6.07) is 4.43. The fourth-order valence-electron chi connectivity index (χ4n) is 5.83. The van der Waals surface area contributed by atoms with E-state index in [4.69, 9.17) is 18.6 Å². The molecular formula is C35H56N6O8Si2. The monoisotopic (exact) mass is 744 g/mol. The van der Waals surface area contributed by atoms with Gasteiger partial charge >= 0.3 is 6.09 Å². The molecule has 51 heavy (non-hydrogen) atoms. The lowest BCUT2D eigenvalue weighted by molar-refractivity contribution is -0.385. The van der Waals surface area contributed by atoms with Crippen LogP contribution in [-0.2, 0) is 20.4 Å². The maximum atomic E-state index is 13.8. The van der Waals surface area contributed by atoms with Crippen LogP contribution >= 0.6 is 0 Å². The molecule has 3 atom stereocenters. The van der Waals surface area contributed by atoms with Crippen molar-refractivity contribution in [1.82, 2.24) is 19.5 Å². The van der Waals surface area contributed by atoms with Crippen molar-refractivity contribution in [2.24, 2.45) is 0 Å². The van der Waals surface area contributed by atoms with Gasteiger partial charge in [0.1, 0.15) is 30.0 Å². The molecule has 0 spiro atoms. The van der Waals surface area contributed by atoms with E-state index in [1.807, 2.05) is 0 Å². The first kappa shape index (κ1) is 40.3. The second-order valence-electron chi connectivity index (χ2n) is 17.5. The topological polar surface area (TPSA) is 164 Å². The number of aromatic nitrogens is 4. The van der Waals surface area contributed by atoms with Crippen molar-refractivity contribution in [3.8, 4) is 5.75 Å². The largest absolute Gasteiger partial charge is 0.497 e. The Bertz CT molecular complexity index is 1760. The zero-order chi connectivity index (χ0) is 38.5. The number of fused-ring (bicyclic) bond motifs is 1. The minimum absolute atomic E-state index is 0.0276. The number of imidazole rings is 1. The molecule has 1 aromatic carbocycles. The molecule has 2 aromatic heterocycles. The summed E-state index contributed by atoms with van der Waals surface area (Å²) in [7, 11) is -3.25. The molecule has 16 heteroatoms. The van der Waals surface area contributed by atoms with Crippen LogP contribution in [0.1, 0.15) is 80.5 Å². The predicted molar refractivity (Wildman–Crippen MR) is 201 cm³/mol. The van der Waals surface area contributed by atoms with Crippen LogP contribution in [0.5, 0.6) is 5.75 Å². The molecule has 1 saturated heterocycles. The molecule has 1 aliphatic rings. The quantitative estimate of drug-likeness (QED) is 0.122. The number of nitro benzene ring substituents is 1. The van der Waals surface area contributed by atoms with Crippen molar-refractivity contribution in [3.05, 3.63) is 46.5 Å². The Morgan fingerprint density at radius 2 is 1.73 bits per heavy atom. The van der Waals surface area contributed by atoms with Crippen LogP contribution in [0.25, 0.3) is 11.2 Å². The molecule has 0 bridgehead atoms. The van der Waals surface area contributed by atoms with Gasteiger partial charge in [0.05, 0.1) is 56.4 Å². The number of anilines is 1. The van der Waals surface area contributed by atoms with Crippen molar-refractivity contribution in [2.45, 2.75) is 135 Å². The van der Waals surface area contributed by atoms with Gasteiger partial charge in [-0.15, -0.1) is 0 Å². The number of carbonyl (C=O) groups excluding carboxylic acids is 1. The van der Waals surface area contributed by atoms with Crippen molar-refractivity contribution in [1.29, 1.82) is 0 Å². The number of carbonyl (C=O) groups is 1. The number of methoxy groups -OCH3 is 1. The molecule has 0 aliphatic carbocycles. The number of hydrogen-bond acceptors (Lipinski definition) is 11. The lowest BCUT2D eigenvalue weighted by atomic mass is 10.1. The van der Waals surface area contributed by atoms with E-state index >= 15 is 0 Å². The van der Waals surface area contributed by atoms with Crippen molar-refractivity contribution >= 4 is 45.2 Å². The van der Waals surface area contributed by atoms with Gasteiger partial charge in [0, 0.05) is 6.42 Å². The summed E-state index contributed by atoms with van der Waals surface area (Å²) in [6.07, 6.45) is 1.14. The third-order valence-electron chi connectivity index (χ3n) is 11.0. The maximum Gasteiger partial charge on any atom is 0.416 e. The number of ether oxygens (including phenoxy) is 3. The van der Waals surface area contributed by atoms with E-state index in [0.717, 1.165) is 0 Å². The molecule has 1 aliphatic heterocycles. The zero-order valence-corrected chi connectivity index (χ0v) is 34.7. The minimum atomic E-state index is -2.49. The fraction of sp³-hybridized carbons (Fsp3) is 0.657. The number of hydrogen-bond donors (Lipinski definition) is 1. The van der Waals surface area contributed by atoms with E-state index in [1.54, 1.807) is 37.7 Å². The van der Waals surface area contributed by atoms with Gasteiger partial charge < -0.3 is 23.7 Å². The molecule has 0 unspecified atom stereocenters. The maximum absolute atomic E-state index is 13.8. The summed E-state index contributed by atoms with van der Waals surface area (Å²) >= 11 is 0. The van der Waals surface area contributed by atoms with Gasteiger partial charge in [-0.2, -0.15) is 0 Å². The van der Waals surface area contributed by atoms with Crippen LogP contribution in [0.3, 0.4) is 0 Å². The van der Waals surface area contributed by atoms with Gasteiger partial charge in [-0.05, 0) is 56.1 Å². The Balaban J connectivity index is 1.80. The molecule has 1 fully saturated rings. The molecule has 1 N–H and O–H groups in total. The number of rotatable bonds is 10. The van der Waals surface area contributed by atoms with E-state index in [0.29, 0.717) is 11.4 Å². The average Bonchev–Trinajstić information content (AvgIpc) is 3.58. The predicted octanol–water partition coefficient (Wildman–Crippen LogP) is 7.77. The lowest BCUT2D eigenvalue weighted by Crippen LogP contribution is -2.65. The standard InChI is InChI=1S/C35H56N6O8Si2/c1-32(2,3)49-31(42)39(19-23-15-16-24(46-10)17-25(23)41(44)45)29-28-30(37-21-36-29)40(22-38-28)27-18-35(43,50(11,12)33(4,5)6)26(48-27)20-47-51(13,14)34(7,8)9/h15-17,21-22,26-27,43H,18-20H2,1-14H3/t26-,27-,35-/m1/s1. The fourth-order valence-corrected chi connectivity index (χ4v) is 9.77. The third kappa shape index (κ3) is 7.99. The first-order chi connectivity index (χ1) is 23.2. The Morgan fingerprint density at radius 1 is 1.08 bits per heavy atom. The molecule has 3 heterocycles. The summed E-state index contributed by atoms with van der Waals surface area (Å²) < 4.78 is 26.1. The van der Waals surface area contributed by atoms with Crippen LogP contribution in [0.15, 0.2) is 30.9 Å². The number of amides is 1. The molecule has 14 nitrogen and oxygen atoms in total. The highest BCUT2D eigenvalue weighted by molar-refractivity contribution is 6.83. The number of nitrogens with zero attached hydrogens (tertiary/aromatic N) is 6. The normalized spacial score (nSPS) is 20.5. The highest BCUT2D eigenvalue weighted by atomic mass is 28.4. The zero-order valence-electron chi connectivity index (χ0n) is 32.7. The van der Waals surface area contributed by atoms with Gasteiger partial charge in [-0.25, -0.2) is 19.7 Å². The second-order valence-corrected chi connectivity index (χ2v) is 27.9. The van der Waals surface area contributed by atoms with E-state index < -0.39 is 50.6 Å². The van der Waals surface area contributed by atoms with E-state index in [9.17, 15) is 20.0 Å². The van der Waals surface area contributed by atoms with Crippen LogP contribution in [0.2, 0.25) is 36.3 Å². The van der Waals surface area contributed by atoms with Crippen LogP contribution in [-0.4, -0.2) is 82.7 Å². The van der Waals surface area contributed by atoms with Crippen LogP contribution in [0, 0.1) is 10.1 Å². The summed E-state index contributed by atoms with van der Waals surface area (Å²) in [5.41, 5.74) is -0.235. The first-order valence-corrected chi connectivity index (χ1v) is 23.2. The van der Waals surface area contributed by atoms with Crippen LogP contribution < -0.4 is 9.64 Å². The van der Waals surface area contributed by atoms with Gasteiger partial charge in [0.2, 0.25) is 0 Å². The molecule has 4 rings (SSSR count). The Hall–Kier alpha value is -3.45. The van der Waals surface area contributed by atoms with E-state index in [2.05, 4.69) is 82.7 Å². The second kappa shape index (κ2) is 13.8. The Morgan fingerprint density at radius 3 is 2.27 bits per heavy atom. The number of benzene rings is 1. The average molecular weight is 745 g/mol. The van der Waals surface area contributed by atoms with Gasteiger partial charge in [0.25, 0.3) is 5.69 Å². The smallest absolute Gasteiger partial charge is 0.416 e. The summed E-state index contributed by atoms with van der Waals surface area (Å²) in [5.74, 6) is 0.410. The van der Waals surface area contributed by atoms with Crippen molar-refractivity contribution in [3.63, 3.8) is 0 Å². The molecule has 0 saturated carbocycles. The molecule has 1 amide bonds. The van der Waals surface area contributed by atoms with Crippen LogP contribution in [0.4, 0.5) is 16.3 Å². The van der Waals surface area contributed by atoms with Crippen molar-refractivity contribution in [2.75, 3.05) is 18.6 Å². The third-order valence-corrected chi connectivity index (χ3v) is 22.0. The van der Waals surface area contributed by atoms with E-state index in [-0.39, 0.29) is 52.2 Å². The highest BCUT2D eigenvalue weighted by Gasteiger charge is 2.62. The summed E-state index contributed by atoms with van der Waals surface area (Å²) in [6.45, 7) is 27.0.